The molecule has 1 amide bonds. The molecule has 0 unspecified atom stereocenters. The average molecular weight is 276 g/mol. The van der Waals surface area contributed by atoms with E-state index in [2.05, 4.69) is 24.1 Å². The third-order valence-corrected chi connectivity index (χ3v) is 3.10. The average Bonchev–Trinajstić information content (AvgIpc) is 2.85. The lowest BCUT2D eigenvalue weighted by Gasteiger charge is -2.09. The number of fused-ring (bicyclic) bond motifs is 1. The lowest BCUT2D eigenvalue weighted by Crippen LogP contribution is -2.27. The number of methoxy groups -OCH3 is 2. The summed E-state index contributed by atoms with van der Waals surface area (Å²) in [5.41, 5.74) is 1.46. The van der Waals surface area contributed by atoms with Crippen LogP contribution in [0.1, 0.15) is 24.2 Å². The van der Waals surface area contributed by atoms with Gasteiger partial charge in [0.05, 0.1) is 25.3 Å². The van der Waals surface area contributed by atoms with E-state index in [0.29, 0.717) is 29.5 Å². The molecule has 2 aromatic rings. The number of ether oxygens (including phenoxy) is 2. The van der Waals surface area contributed by atoms with Crippen LogP contribution in [0.2, 0.25) is 0 Å². The number of aromatic nitrogens is 1. The number of aromatic amines is 1. The summed E-state index contributed by atoms with van der Waals surface area (Å²) in [5, 5.41) is 3.73. The number of amides is 1. The maximum atomic E-state index is 12.2. The number of rotatable bonds is 5. The van der Waals surface area contributed by atoms with Crippen LogP contribution in [0.15, 0.2) is 18.3 Å². The van der Waals surface area contributed by atoms with Crippen molar-refractivity contribution in [2.75, 3.05) is 20.8 Å². The lowest BCUT2D eigenvalue weighted by molar-refractivity contribution is 0.0950. The first-order valence-corrected chi connectivity index (χ1v) is 6.58. The molecule has 1 aromatic heterocycles. The summed E-state index contributed by atoms with van der Waals surface area (Å²) in [6.07, 6.45) is 1.71. The smallest absolute Gasteiger partial charge is 0.253 e. The zero-order valence-electron chi connectivity index (χ0n) is 12.2. The van der Waals surface area contributed by atoms with E-state index in [1.807, 2.05) is 12.1 Å². The summed E-state index contributed by atoms with van der Waals surface area (Å²) < 4.78 is 10.5. The highest BCUT2D eigenvalue weighted by molar-refractivity contribution is 6.07. The highest BCUT2D eigenvalue weighted by Crippen LogP contribution is 2.33. The standard InChI is InChI=1S/C15H20N2O3/c1-9(2)7-17-15(18)11-8-16-12-6-14(20-4)13(19-3)5-10(11)12/h5-6,8-9,16H,7H2,1-4H3,(H,17,18). The summed E-state index contributed by atoms with van der Waals surface area (Å²) in [7, 11) is 3.16. The molecule has 2 N–H and O–H groups in total. The minimum Gasteiger partial charge on any atom is -0.493 e. The van der Waals surface area contributed by atoms with Crippen LogP contribution in [0.5, 0.6) is 11.5 Å². The number of nitrogens with one attached hydrogen (secondary N) is 2. The highest BCUT2D eigenvalue weighted by atomic mass is 16.5. The normalized spacial score (nSPS) is 10.8. The van der Waals surface area contributed by atoms with Crippen molar-refractivity contribution in [2.45, 2.75) is 13.8 Å². The van der Waals surface area contributed by atoms with E-state index >= 15 is 0 Å². The van der Waals surface area contributed by atoms with E-state index in [9.17, 15) is 4.79 Å². The molecule has 0 spiro atoms. The van der Waals surface area contributed by atoms with Crippen molar-refractivity contribution < 1.29 is 14.3 Å². The summed E-state index contributed by atoms with van der Waals surface area (Å²) in [6.45, 7) is 4.77. The first-order valence-electron chi connectivity index (χ1n) is 6.58. The van der Waals surface area contributed by atoms with Gasteiger partial charge in [0.2, 0.25) is 0 Å². The quantitative estimate of drug-likeness (QED) is 0.882. The summed E-state index contributed by atoms with van der Waals surface area (Å²) in [4.78, 5) is 15.3. The van der Waals surface area contributed by atoms with Crippen LogP contribution < -0.4 is 14.8 Å². The van der Waals surface area contributed by atoms with E-state index in [1.54, 1.807) is 20.4 Å². The van der Waals surface area contributed by atoms with Crippen LogP contribution in [0.4, 0.5) is 0 Å². The Morgan fingerprint density at radius 1 is 1.25 bits per heavy atom. The van der Waals surface area contributed by atoms with E-state index < -0.39 is 0 Å². The van der Waals surface area contributed by atoms with Gasteiger partial charge in [0.15, 0.2) is 11.5 Å². The molecule has 0 radical (unpaired) electrons. The van der Waals surface area contributed by atoms with Gasteiger partial charge in [0, 0.05) is 24.2 Å². The molecular formula is C15H20N2O3. The van der Waals surface area contributed by atoms with Gasteiger partial charge in [0.1, 0.15) is 0 Å². The van der Waals surface area contributed by atoms with Gasteiger partial charge < -0.3 is 19.8 Å². The van der Waals surface area contributed by atoms with Crippen LogP contribution in [-0.2, 0) is 0 Å². The fourth-order valence-corrected chi connectivity index (χ4v) is 2.03. The number of H-pyrrole nitrogens is 1. The molecule has 0 atom stereocenters. The van der Waals surface area contributed by atoms with Crippen LogP contribution in [-0.4, -0.2) is 31.7 Å². The predicted molar refractivity (Wildman–Crippen MR) is 78.6 cm³/mol. The Hall–Kier alpha value is -2.17. The SMILES string of the molecule is COc1cc2[nH]cc(C(=O)NCC(C)C)c2cc1OC. The first kappa shape index (κ1) is 14.2. The van der Waals surface area contributed by atoms with E-state index in [4.69, 9.17) is 9.47 Å². The minimum absolute atomic E-state index is 0.0860. The van der Waals surface area contributed by atoms with Crippen LogP contribution >= 0.6 is 0 Å². The monoisotopic (exact) mass is 276 g/mol. The van der Waals surface area contributed by atoms with Gasteiger partial charge in [-0.25, -0.2) is 0 Å². The molecule has 0 saturated carbocycles. The maximum absolute atomic E-state index is 12.2. The molecule has 0 aliphatic rings. The molecule has 0 saturated heterocycles. The maximum Gasteiger partial charge on any atom is 0.253 e. The lowest BCUT2D eigenvalue weighted by atomic mass is 10.1. The second kappa shape index (κ2) is 5.86. The molecular weight excluding hydrogens is 256 g/mol. The Bertz CT molecular complexity index is 617. The minimum atomic E-state index is -0.0860. The first-order chi connectivity index (χ1) is 9.56. The van der Waals surface area contributed by atoms with Gasteiger partial charge in [-0.15, -0.1) is 0 Å². The number of carbonyl (C=O) groups is 1. The second-order valence-corrected chi connectivity index (χ2v) is 5.06. The molecule has 1 aromatic carbocycles. The van der Waals surface area contributed by atoms with Crippen molar-refractivity contribution in [1.29, 1.82) is 0 Å². The zero-order valence-corrected chi connectivity index (χ0v) is 12.2. The second-order valence-electron chi connectivity index (χ2n) is 5.06. The Morgan fingerprint density at radius 2 is 1.90 bits per heavy atom. The zero-order chi connectivity index (χ0) is 14.7. The van der Waals surface area contributed by atoms with E-state index in [1.165, 1.54) is 0 Å². The molecule has 2 rings (SSSR count). The van der Waals surface area contributed by atoms with Crippen LogP contribution in [0, 0.1) is 5.92 Å². The van der Waals surface area contributed by atoms with Crippen molar-refractivity contribution in [1.82, 2.24) is 10.3 Å². The third-order valence-electron chi connectivity index (χ3n) is 3.10. The summed E-state index contributed by atoms with van der Waals surface area (Å²) >= 11 is 0. The fourth-order valence-electron chi connectivity index (χ4n) is 2.03. The summed E-state index contributed by atoms with van der Waals surface area (Å²) in [5.74, 6) is 1.57. The molecule has 0 bridgehead atoms. The molecule has 0 aliphatic carbocycles. The van der Waals surface area contributed by atoms with Crippen molar-refractivity contribution >= 4 is 16.8 Å². The van der Waals surface area contributed by atoms with Crippen molar-refractivity contribution in [3.63, 3.8) is 0 Å². The number of benzene rings is 1. The number of carbonyl (C=O) groups excluding carboxylic acids is 1. The highest BCUT2D eigenvalue weighted by Gasteiger charge is 2.15. The predicted octanol–water partition coefficient (Wildman–Crippen LogP) is 2.57. The number of hydrogen-bond acceptors (Lipinski definition) is 3. The van der Waals surface area contributed by atoms with Gasteiger partial charge in [-0.1, -0.05) is 13.8 Å². The van der Waals surface area contributed by atoms with Crippen molar-refractivity contribution in [2.24, 2.45) is 5.92 Å². The van der Waals surface area contributed by atoms with E-state index in [-0.39, 0.29) is 5.91 Å². The van der Waals surface area contributed by atoms with Crippen molar-refractivity contribution in [3.05, 3.63) is 23.9 Å². The molecule has 5 nitrogen and oxygen atoms in total. The van der Waals surface area contributed by atoms with E-state index in [0.717, 1.165) is 10.9 Å². The van der Waals surface area contributed by atoms with Gasteiger partial charge >= 0.3 is 0 Å². The van der Waals surface area contributed by atoms with Crippen LogP contribution in [0.25, 0.3) is 10.9 Å². The fraction of sp³-hybridized carbons (Fsp3) is 0.400. The molecule has 0 aliphatic heterocycles. The van der Waals surface area contributed by atoms with Gasteiger partial charge in [-0.3, -0.25) is 4.79 Å². The molecule has 1 heterocycles. The summed E-state index contributed by atoms with van der Waals surface area (Å²) in [6, 6.07) is 3.64. The molecule has 5 heteroatoms. The molecule has 108 valence electrons. The van der Waals surface area contributed by atoms with Gasteiger partial charge in [-0.05, 0) is 12.0 Å². The van der Waals surface area contributed by atoms with Gasteiger partial charge in [0.25, 0.3) is 5.91 Å². The number of hydrogen-bond donors (Lipinski definition) is 2. The third kappa shape index (κ3) is 2.71. The molecule has 0 fully saturated rings. The Labute approximate surface area is 118 Å². The largest absolute Gasteiger partial charge is 0.493 e. The van der Waals surface area contributed by atoms with Crippen LogP contribution in [0.3, 0.4) is 0 Å². The Morgan fingerprint density at radius 3 is 2.50 bits per heavy atom. The van der Waals surface area contributed by atoms with Gasteiger partial charge in [-0.2, -0.15) is 0 Å². The molecule has 20 heavy (non-hydrogen) atoms. The Balaban J connectivity index is 2.38. The van der Waals surface area contributed by atoms with Crippen molar-refractivity contribution in [3.8, 4) is 11.5 Å². The topological polar surface area (TPSA) is 63.4 Å². The Kier molecular flexibility index (Phi) is 4.17.